The summed E-state index contributed by atoms with van der Waals surface area (Å²) in [5.41, 5.74) is 2.11. The minimum atomic E-state index is -1.22. The van der Waals surface area contributed by atoms with Gasteiger partial charge in [-0.3, -0.25) is 4.79 Å². The topological polar surface area (TPSA) is 77.8 Å². The average molecular weight is 236 g/mol. The summed E-state index contributed by atoms with van der Waals surface area (Å²) in [5, 5.41) is 27.9. The van der Waals surface area contributed by atoms with Gasteiger partial charge in [0.05, 0.1) is 6.61 Å². The Labute approximate surface area is 99.5 Å². The minimum absolute atomic E-state index is 0.0822. The molecule has 0 fully saturated rings. The lowest BCUT2D eigenvalue weighted by Gasteiger charge is -2.20. The third-order valence-electron chi connectivity index (χ3n) is 3.18. The first-order valence-corrected chi connectivity index (χ1v) is 5.76. The average Bonchev–Trinajstić information content (AvgIpc) is 2.37. The maximum absolute atomic E-state index is 11.7. The second-order valence-corrected chi connectivity index (χ2v) is 4.39. The zero-order chi connectivity index (χ0) is 12.4. The van der Waals surface area contributed by atoms with Gasteiger partial charge in [0.1, 0.15) is 12.2 Å². The van der Waals surface area contributed by atoms with Crippen molar-refractivity contribution >= 4 is 5.78 Å². The number of rotatable bonds is 3. The summed E-state index contributed by atoms with van der Waals surface area (Å²) < 4.78 is 0. The lowest BCUT2D eigenvalue weighted by molar-refractivity contribution is -0.0152. The number of aliphatic hydroxyl groups is 3. The first-order valence-electron chi connectivity index (χ1n) is 5.76. The fraction of sp³-hybridized carbons (Fsp3) is 0.462. The third kappa shape index (κ3) is 2.39. The largest absolute Gasteiger partial charge is 0.394 e. The van der Waals surface area contributed by atoms with E-state index in [9.17, 15) is 15.0 Å². The van der Waals surface area contributed by atoms with Crippen LogP contribution in [0.4, 0.5) is 0 Å². The van der Waals surface area contributed by atoms with Crippen LogP contribution in [-0.4, -0.2) is 33.8 Å². The number of Topliss-reactive ketones (excluding diaryl/α,β-unsaturated/α-hetero) is 1. The summed E-state index contributed by atoms with van der Waals surface area (Å²) in [6.45, 7) is -0.508. The molecule has 2 rings (SSSR count). The monoisotopic (exact) mass is 236 g/mol. The number of hydrogen-bond acceptors (Lipinski definition) is 4. The van der Waals surface area contributed by atoms with Gasteiger partial charge in [0.2, 0.25) is 0 Å². The summed E-state index contributed by atoms with van der Waals surface area (Å²) >= 11 is 0. The van der Waals surface area contributed by atoms with E-state index in [1.54, 1.807) is 12.1 Å². The fourth-order valence-electron chi connectivity index (χ4n) is 2.15. The maximum Gasteiger partial charge on any atom is 0.163 e. The molecule has 4 nitrogen and oxygen atoms in total. The maximum atomic E-state index is 11.7. The van der Waals surface area contributed by atoms with Gasteiger partial charge < -0.3 is 15.3 Å². The summed E-state index contributed by atoms with van der Waals surface area (Å²) in [6, 6.07) is 5.14. The molecule has 0 aliphatic heterocycles. The molecular weight excluding hydrogens is 220 g/mol. The van der Waals surface area contributed by atoms with Gasteiger partial charge in [-0.05, 0) is 30.0 Å². The lowest BCUT2D eigenvalue weighted by atomic mass is 9.88. The fourth-order valence-corrected chi connectivity index (χ4v) is 2.15. The summed E-state index contributed by atoms with van der Waals surface area (Å²) in [5.74, 6) is 0.0822. The smallest absolute Gasteiger partial charge is 0.163 e. The zero-order valence-corrected chi connectivity index (χ0v) is 9.47. The molecule has 0 bridgehead atoms. The summed E-state index contributed by atoms with van der Waals surface area (Å²) in [6.07, 6.45) is -0.0889. The second kappa shape index (κ2) is 4.96. The Kier molecular flexibility index (Phi) is 3.57. The molecule has 4 heteroatoms. The van der Waals surface area contributed by atoms with E-state index in [-0.39, 0.29) is 5.78 Å². The molecule has 3 N–H and O–H groups in total. The van der Waals surface area contributed by atoms with E-state index < -0.39 is 18.8 Å². The molecule has 0 saturated heterocycles. The molecule has 1 aliphatic rings. The molecule has 2 unspecified atom stereocenters. The molecular formula is C13H16O4. The van der Waals surface area contributed by atoms with Crippen LogP contribution < -0.4 is 0 Å². The number of aliphatic hydroxyl groups excluding tert-OH is 3. The Morgan fingerprint density at radius 3 is 2.71 bits per heavy atom. The van der Waals surface area contributed by atoms with Crippen molar-refractivity contribution in [2.45, 2.75) is 31.5 Å². The highest BCUT2D eigenvalue weighted by atomic mass is 16.4. The van der Waals surface area contributed by atoms with Crippen LogP contribution in [0, 0.1) is 0 Å². The van der Waals surface area contributed by atoms with Gasteiger partial charge in [-0.2, -0.15) is 0 Å². The van der Waals surface area contributed by atoms with Gasteiger partial charge in [-0.1, -0.05) is 12.1 Å². The number of carbonyl (C=O) groups excluding carboxylic acids is 1. The van der Waals surface area contributed by atoms with E-state index in [4.69, 9.17) is 5.11 Å². The molecule has 1 aromatic carbocycles. The predicted molar refractivity (Wildman–Crippen MR) is 61.8 cm³/mol. The van der Waals surface area contributed by atoms with Crippen LogP contribution in [0.2, 0.25) is 0 Å². The van der Waals surface area contributed by atoms with Crippen molar-refractivity contribution < 1.29 is 20.1 Å². The van der Waals surface area contributed by atoms with Crippen molar-refractivity contribution in [3.8, 4) is 0 Å². The highest BCUT2D eigenvalue weighted by molar-refractivity contribution is 5.98. The highest BCUT2D eigenvalue weighted by Crippen LogP contribution is 2.26. The van der Waals surface area contributed by atoms with Gasteiger partial charge in [0, 0.05) is 12.0 Å². The molecule has 0 amide bonds. The van der Waals surface area contributed by atoms with Crippen molar-refractivity contribution in [3.05, 3.63) is 34.9 Å². The quantitative estimate of drug-likeness (QED) is 0.718. The summed E-state index contributed by atoms with van der Waals surface area (Å²) in [4.78, 5) is 11.7. The van der Waals surface area contributed by atoms with E-state index in [0.717, 1.165) is 18.4 Å². The Bertz CT molecular complexity index is 427. The van der Waals surface area contributed by atoms with Crippen molar-refractivity contribution in [2.75, 3.05) is 6.61 Å². The van der Waals surface area contributed by atoms with E-state index in [2.05, 4.69) is 0 Å². The third-order valence-corrected chi connectivity index (χ3v) is 3.18. The molecule has 92 valence electrons. The number of ketones is 1. The van der Waals surface area contributed by atoms with Crippen LogP contribution in [0.1, 0.15) is 40.4 Å². The molecule has 0 saturated carbocycles. The molecule has 1 aromatic rings. The molecule has 0 spiro atoms. The molecule has 17 heavy (non-hydrogen) atoms. The van der Waals surface area contributed by atoms with Crippen molar-refractivity contribution in [1.29, 1.82) is 0 Å². The number of aryl methyl sites for hydroxylation is 1. The Morgan fingerprint density at radius 1 is 1.24 bits per heavy atom. The van der Waals surface area contributed by atoms with E-state index in [1.165, 1.54) is 0 Å². The van der Waals surface area contributed by atoms with Gasteiger partial charge in [-0.15, -0.1) is 0 Å². The van der Waals surface area contributed by atoms with Gasteiger partial charge in [-0.25, -0.2) is 0 Å². The molecule has 2 atom stereocenters. The first-order chi connectivity index (χ1) is 8.13. The van der Waals surface area contributed by atoms with E-state index in [0.29, 0.717) is 17.5 Å². The van der Waals surface area contributed by atoms with Gasteiger partial charge in [0.15, 0.2) is 5.78 Å². The van der Waals surface area contributed by atoms with Crippen molar-refractivity contribution in [2.24, 2.45) is 0 Å². The predicted octanol–water partition coefficient (Wildman–Crippen LogP) is 0.592. The van der Waals surface area contributed by atoms with Crippen LogP contribution in [0.5, 0.6) is 0 Å². The standard InChI is InChI=1S/C13H16O4/c14-7-12(16)13(17)9-5-4-8-2-1-3-11(15)10(8)6-9/h4-6,12-14,16-17H,1-3,7H2. The Balaban J connectivity index is 2.32. The normalized spacial score (nSPS) is 18.6. The van der Waals surface area contributed by atoms with E-state index in [1.807, 2.05) is 6.07 Å². The lowest BCUT2D eigenvalue weighted by Crippen LogP contribution is -2.22. The number of carbonyl (C=O) groups is 1. The zero-order valence-electron chi connectivity index (χ0n) is 9.47. The Hall–Kier alpha value is -1.23. The Morgan fingerprint density at radius 2 is 2.00 bits per heavy atom. The number of hydrogen-bond donors (Lipinski definition) is 3. The SMILES string of the molecule is O=C1CCCc2ccc(C(O)C(O)CO)cc21. The second-order valence-electron chi connectivity index (χ2n) is 4.39. The molecule has 0 aromatic heterocycles. The molecule has 1 aliphatic carbocycles. The molecule has 0 heterocycles. The number of benzene rings is 1. The van der Waals surface area contributed by atoms with Crippen LogP contribution in [0.3, 0.4) is 0 Å². The molecule has 0 radical (unpaired) electrons. The first kappa shape index (κ1) is 12.2. The highest BCUT2D eigenvalue weighted by Gasteiger charge is 2.22. The van der Waals surface area contributed by atoms with Crippen LogP contribution in [-0.2, 0) is 6.42 Å². The summed E-state index contributed by atoms with van der Waals surface area (Å²) in [7, 11) is 0. The van der Waals surface area contributed by atoms with E-state index >= 15 is 0 Å². The van der Waals surface area contributed by atoms with Crippen molar-refractivity contribution in [1.82, 2.24) is 0 Å². The number of fused-ring (bicyclic) bond motifs is 1. The van der Waals surface area contributed by atoms with Gasteiger partial charge in [0.25, 0.3) is 0 Å². The van der Waals surface area contributed by atoms with Crippen LogP contribution >= 0.6 is 0 Å². The minimum Gasteiger partial charge on any atom is -0.394 e. The van der Waals surface area contributed by atoms with Crippen molar-refractivity contribution in [3.63, 3.8) is 0 Å². The van der Waals surface area contributed by atoms with Crippen LogP contribution in [0.25, 0.3) is 0 Å². The van der Waals surface area contributed by atoms with Crippen LogP contribution in [0.15, 0.2) is 18.2 Å². The van der Waals surface area contributed by atoms with Gasteiger partial charge >= 0.3 is 0 Å².